The number of benzene rings is 1. The number of rotatable bonds is 3. The molecule has 8 heteroatoms. The second-order valence-corrected chi connectivity index (χ2v) is 6.06. The van der Waals surface area contributed by atoms with Crippen LogP contribution in [0, 0.1) is 11.3 Å². The van der Waals surface area contributed by atoms with E-state index in [9.17, 15) is 14.4 Å². The Kier molecular flexibility index (Phi) is 4.67. The van der Waals surface area contributed by atoms with Crippen molar-refractivity contribution in [2.45, 2.75) is 6.92 Å². The van der Waals surface area contributed by atoms with E-state index in [0.29, 0.717) is 17.1 Å². The van der Waals surface area contributed by atoms with E-state index in [1.807, 2.05) is 0 Å². The summed E-state index contributed by atoms with van der Waals surface area (Å²) in [5.74, 6) is -1.76. The summed E-state index contributed by atoms with van der Waals surface area (Å²) in [6, 6.07) is 9.39. The van der Waals surface area contributed by atoms with Gasteiger partial charge in [0, 0.05) is 11.1 Å². The fourth-order valence-electron chi connectivity index (χ4n) is 2.59. The molecule has 7 nitrogen and oxygen atoms in total. The first-order chi connectivity index (χ1) is 12.8. The molecule has 134 valence electrons. The van der Waals surface area contributed by atoms with Crippen molar-refractivity contribution in [2.75, 3.05) is 0 Å². The topological polar surface area (TPSA) is 120 Å². The number of nitrogens with zero attached hydrogens (tertiary/aromatic N) is 1. The minimum absolute atomic E-state index is 0.0253. The van der Waals surface area contributed by atoms with E-state index >= 15 is 0 Å². The van der Waals surface area contributed by atoms with Crippen molar-refractivity contribution in [3.63, 3.8) is 0 Å². The summed E-state index contributed by atoms with van der Waals surface area (Å²) in [5.41, 5.74) is 0.804. The summed E-state index contributed by atoms with van der Waals surface area (Å²) in [6.07, 6.45) is 1.42. The van der Waals surface area contributed by atoms with Crippen molar-refractivity contribution in [2.24, 2.45) is 0 Å². The molecule has 0 bridgehead atoms. The van der Waals surface area contributed by atoms with Gasteiger partial charge in [-0.2, -0.15) is 5.26 Å². The van der Waals surface area contributed by atoms with Gasteiger partial charge in [0.2, 0.25) is 0 Å². The van der Waals surface area contributed by atoms with Crippen molar-refractivity contribution in [3.8, 4) is 17.4 Å². The van der Waals surface area contributed by atoms with Crippen LogP contribution in [0.5, 0.6) is 0 Å². The van der Waals surface area contributed by atoms with E-state index in [-0.39, 0.29) is 27.3 Å². The lowest BCUT2D eigenvalue weighted by atomic mass is 9.96. The number of carbonyl (C=O) groups is 3. The third-order valence-corrected chi connectivity index (χ3v) is 4.30. The fourth-order valence-corrected chi connectivity index (χ4v) is 2.85. The van der Waals surface area contributed by atoms with E-state index in [1.165, 1.54) is 25.1 Å². The first-order valence-corrected chi connectivity index (χ1v) is 8.01. The van der Waals surface area contributed by atoms with Crippen LogP contribution in [0.4, 0.5) is 0 Å². The Morgan fingerprint density at radius 1 is 1.26 bits per heavy atom. The predicted molar refractivity (Wildman–Crippen MR) is 95.6 cm³/mol. The Hall–Kier alpha value is -3.63. The molecule has 0 aliphatic carbocycles. The van der Waals surface area contributed by atoms with Gasteiger partial charge in [-0.1, -0.05) is 17.7 Å². The number of nitriles is 1. The van der Waals surface area contributed by atoms with Crippen LogP contribution in [0.1, 0.15) is 23.0 Å². The number of hydrogen-bond acceptors (Lipinski definition) is 5. The average Bonchev–Trinajstić information content (AvgIpc) is 3.07. The van der Waals surface area contributed by atoms with Crippen LogP contribution in [0.15, 0.2) is 51.5 Å². The van der Waals surface area contributed by atoms with Gasteiger partial charge in [0.15, 0.2) is 0 Å². The molecule has 0 spiro atoms. The normalized spacial score (nSPS) is 15.7. The number of furan rings is 1. The lowest BCUT2D eigenvalue weighted by Crippen LogP contribution is -2.37. The zero-order chi connectivity index (χ0) is 19.7. The summed E-state index contributed by atoms with van der Waals surface area (Å²) in [5, 5.41) is 20.2. The second kappa shape index (κ2) is 6.94. The Balaban J connectivity index is 1.98. The third kappa shape index (κ3) is 3.38. The van der Waals surface area contributed by atoms with Gasteiger partial charge in [-0.3, -0.25) is 14.9 Å². The van der Waals surface area contributed by atoms with Gasteiger partial charge < -0.3 is 9.52 Å². The number of hydrogen-bond donors (Lipinski definition) is 2. The third-order valence-electron chi connectivity index (χ3n) is 3.99. The predicted octanol–water partition coefficient (Wildman–Crippen LogP) is 3.18. The number of halogens is 1. The highest BCUT2D eigenvalue weighted by molar-refractivity contribution is 6.33. The van der Waals surface area contributed by atoms with Crippen LogP contribution in [0.25, 0.3) is 17.4 Å². The van der Waals surface area contributed by atoms with Crippen LogP contribution >= 0.6 is 11.6 Å². The molecule has 2 N–H and O–H groups in total. The van der Waals surface area contributed by atoms with Gasteiger partial charge in [0.05, 0.1) is 10.6 Å². The second-order valence-electron chi connectivity index (χ2n) is 5.65. The first-order valence-electron chi connectivity index (χ1n) is 7.63. The Bertz CT molecular complexity index is 1100. The molecular weight excluding hydrogens is 372 g/mol. The maximum atomic E-state index is 12.0. The van der Waals surface area contributed by atoms with Crippen LogP contribution in [0.3, 0.4) is 0 Å². The first kappa shape index (κ1) is 18.2. The maximum absolute atomic E-state index is 12.0. The molecule has 1 aliphatic rings. The smallest absolute Gasteiger partial charge is 0.337 e. The minimum atomic E-state index is -1.13. The van der Waals surface area contributed by atoms with Gasteiger partial charge in [0.1, 0.15) is 23.2 Å². The Labute approximate surface area is 158 Å². The molecular formula is C19H11ClN2O5. The standard InChI is InChI=1S/C19H11ClN2O5/c1-9-13(17(23)22-18(24)14(9)8-21)7-11-3-5-16(27-11)10-2-4-12(19(25)26)15(20)6-10/h2-7H,1H3,(H,25,26)(H,22,23,24)/b13-7-. The quantitative estimate of drug-likeness (QED) is 0.621. The monoisotopic (exact) mass is 382 g/mol. The van der Waals surface area contributed by atoms with Crippen molar-refractivity contribution in [3.05, 3.63) is 63.4 Å². The molecule has 1 aromatic carbocycles. The molecule has 0 atom stereocenters. The highest BCUT2D eigenvalue weighted by Crippen LogP contribution is 2.29. The Morgan fingerprint density at radius 2 is 2.00 bits per heavy atom. The molecule has 2 heterocycles. The number of imide groups is 1. The maximum Gasteiger partial charge on any atom is 0.337 e. The number of carbonyl (C=O) groups excluding carboxylic acids is 2. The number of nitrogens with one attached hydrogen (secondary N) is 1. The number of carboxylic acid groups (broad SMARTS) is 1. The number of aromatic carboxylic acids is 1. The zero-order valence-electron chi connectivity index (χ0n) is 13.9. The molecule has 1 aliphatic heterocycles. The highest BCUT2D eigenvalue weighted by Gasteiger charge is 2.27. The van der Waals surface area contributed by atoms with Gasteiger partial charge in [-0.25, -0.2) is 4.79 Å². The lowest BCUT2D eigenvalue weighted by molar-refractivity contribution is -0.126. The van der Waals surface area contributed by atoms with E-state index in [0.717, 1.165) is 0 Å². The minimum Gasteiger partial charge on any atom is -0.478 e. The number of carboxylic acids is 1. The molecule has 0 saturated heterocycles. The van der Waals surface area contributed by atoms with E-state index in [1.54, 1.807) is 24.3 Å². The summed E-state index contributed by atoms with van der Waals surface area (Å²) in [4.78, 5) is 34.7. The highest BCUT2D eigenvalue weighted by atomic mass is 35.5. The van der Waals surface area contributed by atoms with E-state index in [4.69, 9.17) is 26.4 Å². The van der Waals surface area contributed by atoms with Crippen LogP contribution in [0.2, 0.25) is 5.02 Å². The average molecular weight is 383 g/mol. The molecule has 2 aromatic rings. The summed E-state index contributed by atoms with van der Waals surface area (Å²) >= 11 is 5.96. The van der Waals surface area contributed by atoms with Crippen molar-refractivity contribution < 1.29 is 23.9 Å². The van der Waals surface area contributed by atoms with Gasteiger partial charge in [0.25, 0.3) is 11.8 Å². The van der Waals surface area contributed by atoms with Crippen LogP contribution < -0.4 is 5.32 Å². The molecule has 27 heavy (non-hydrogen) atoms. The summed E-state index contributed by atoms with van der Waals surface area (Å²) in [6.45, 7) is 1.51. The summed E-state index contributed by atoms with van der Waals surface area (Å²) < 4.78 is 5.67. The van der Waals surface area contributed by atoms with E-state index in [2.05, 4.69) is 5.32 Å². The molecule has 1 aromatic heterocycles. The Morgan fingerprint density at radius 3 is 2.63 bits per heavy atom. The lowest BCUT2D eigenvalue weighted by Gasteiger charge is -2.15. The SMILES string of the molecule is CC1=C(C#N)C(=O)NC(=O)/C1=C\c1ccc(-c2ccc(C(=O)O)c(Cl)c2)o1. The number of amides is 2. The van der Waals surface area contributed by atoms with Gasteiger partial charge >= 0.3 is 5.97 Å². The van der Waals surface area contributed by atoms with Crippen LogP contribution in [-0.2, 0) is 9.59 Å². The van der Waals surface area contributed by atoms with Crippen LogP contribution in [-0.4, -0.2) is 22.9 Å². The molecule has 0 fully saturated rings. The van der Waals surface area contributed by atoms with Crippen molar-refractivity contribution in [1.82, 2.24) is 5.32 Å². The largest absolute Gasteiger partial charge is 0.478 e. The van der Waals surface area contributed by atoms with Crippen molar-refractivity contribution >= 4 is 35.5 Å². The fraction of sp³-hybridized carbons (Fsp3) is 0.0526. The van der Waals surface area contributed by atoms with Crippen molar-refractivity contribution in [1.29, 1.82) is 5.26 Å². The molecule has 2 amide bonds. The molecule has 0 saturated carbocycles. The van der Waals surface area contributed by atoms with E-state index < -0.39 is 17.8 Å². The summed E-state index contributed by atoms with van der Waals surface area (Å²) in [7, 11) is 0. The van der Waals surface area contributed by atoms with Gasteiger partial charge in [-0.15, -0.1) is 0 Å². The molecule has 3 rings (SSSR count). The zero-order valence-corrected chi connectivity index (χ0v) is 14.6. The molecule has 0 unspecified atom stereocenters. The van der Waals surface area contributed by atoms with Gasteiger partial charge in [-0.05, 0) is 42.8 Å². The molecule has 0 radical (unpaired) electrons.